The number of carbonyl (C=O) groups excluding carboxylic acids is 2. The van der Waals surface area contributed by atoms with Gasteiger partial charge in [-0.05, 0) is 24.4 Å². The van der Waals surface area contributed by atoms with Crippen LogP contribution >= 0.6 is 23.1 Å². The Morgan fingerprint density at radius 3 is 3.10 bits per heavy atom. The molecule has 1 unspecified atom stereocenters. The lowest BCUT2D eigenvalue weighted by atomic mass is 10.2. The monoisotopic (exact) mass is 311 g/mol. The van der Waals surface area contributed by atoms with E-state index in [4.69, 9.17) is 4.74 Å². The Balaban J connectivity index is 2.03. The molecule has 6 heteroatoms. The fourth-order valence-electron chi connectivity index (χ4n) is 1.94. The van der Waals surface area contributed by atoms with Crippen LogP contribution in [0.15, 0.2) is 23.6 Å². The van der Waals surface area contributed by atoms with E-state index in [2.05, 4.69) is 0 Å². The smallest absolute Gasteiger partial charge is 0.329 e. The molecule has 108 valence electrons. The maximum atomic E-state index is 12.2. The first-order chi connectivity index (χ1) is 9.72. The number of esters is 1. The maximum absolute atomic E-state index is 12.2. The van der Waals surface area contributed by atoms with Crippen LogP contribution in [0.4, 0.5) is 0 Å². The zero-order chi connectivity index (χ0) is 14.4. The van der Waals surface area contributed by atoms with Crippen LogP contribution < -0.4 is 0 Å². The summed E-state index contributed by atoms with van der Waals surface area (Å²) in [4.78, 5) is 26.8. The van der Waals surface area contributed by atoms with Gasteiger partial charge in [-0.15, -0.1) is 11.3 Å². The number of nitrogens with zero attached hydrogens (tertiary/aromatic N) is 1. The molecule has 0 saturated carbocycles. The molecule has 4 nitrogen and oxygen atoms in total. The van der Waals surface area contributed by atoms with Crippen molar-refractivity contribution in [2.75, 3.05) is 24.7 Å². The summed E-state index contributed by atoms with van der Waals surface area (Å²) in [6.07, 6.45) is 3.32. The van der Waals surface area contributed by atoms with Gasteiger partial charge in [0.1, 0.15) is 6.04 Å². The number of ether oxygens (including phenoxy) is 1. The molecule has 0 radical (unpaired) electrons. The molecule has 0 N–H and O–H groups in total. The molecule has 1 aliphatic rings. The van der Waals surface area contributed by atoms with Crippen molar-refractivity contribution in [1.82, 2.24) is 4.90 Å². The van der Waals surface area contributed by atoms with E-state index in [9.17, 15) is 9.59 Å². The van der Waals surface area contributed by atoms with Gasteiger partial charge in [-0.1, -0.05) is 6.07 Å². The Bertz CT molecular complexity index is 485. The lowest BCUT2D eigenvalue weighted by Gasteiger charge is -2.32. The Labute approximate surface area is 126 Å². The third-order valence-corrected chi connectivity index (χ3v) is 4.76. The van der Waals surface area contributed by atoms with Crippen molar-refractivity contribution < 1.29 is 14.3 Å². The quantitative estimate of drug-likeness (QED) is 0.632. The first kappa shape index (κ1) is 15.1. The zero-order valence-corrected chi connectivity index (χ0v) is 12.9. The van der Waals surface area contributed by atoms with Crippen LogP contribution in [0.3, 0.4) is 0 Å². The van der Waals surface area contributed by atoms with E-state index in [-0.39, 0.29) is 11.9 Å². The summed E-state index contributed by atoms with van der Waals surface area (Å²) >= 11 is 3.25. The average Bonchev–Trinajstić information content (AvgIpc) is 2.98. The van der Waals surface area contributed by atoms with Crippen molar-refractivity contribution in [3.63, 3.8) is 0 Å². The second-order valence-electron chi connectivity index (χ2n) is 4.22. The Kier molecular flexibility index (Phi) is 5.67. The number of hydrogen-bond donors (Lipinski definition) is 0. The molecule has 1 amide bonds. The lowest BCUT2D eigenvalue weighted by Crippen LogP contribution is -2.50. The van der Waals surface area contributed by atoms with Crippen molar-refractivity contribution >= 4 is 41.1 Å². The van der Waals surface area contributed by atoms with E-state index in [1.807, 2.05) is 17.5 Å². The summed E-state index contributed by atoms with van der Waals surface area (Å²) < 4.78 is 5.04. The largest absolute Gasteiger partial charge is 0.464 e. The topological polar surface area (TPSA) is 46.6 Å². The van der Waals surface area contributed by atoms with E-state index in [0.717, 1.165) is 10.6 Å². The second kappa shape index (κ2) is 7.50. The van der Waals surface area contributed by atoms with Gasteiger partial charge in [-0.3, -0.25) is 4.79 Å². The minimum Gasteiger partial charge on any atom is -0.464 e. The fourth-order valence-corrected chi connectivity index (χ4v) is 3.59. The van der Waals surface area contributed by atoms with Crippen molar-refractivity contribution in [3.8, 4) is 0 Å². The summed E-state index contributed by atoms with van der Waals surface area (Å²) in [5.41, 5.74) is 0. The molecular formula is C14H17NO3S2. The predicted molar refractivity (Wildman–Crippen MR) is 82.8 cm³/mol. The van der Waals surface area contributed by atoms with E-state index in [1.54, 1.807) is 41.0 Å². The fraction of sp³-hybridized carbons (Fsp3) is 0.429. The van der Waals surface area contributed by atoms with E-state index < -0.39 is 6.04 Å². The molecule has 1 atom stereocenters. The molecule has 1 aromatic heterocycles. The summed E-state index contributed by atoms with van der Waals surface area (Å²) in [6, 6.07) is 3.42. The number of rotatable bonds is 4. The molecule has 0 aromatic carbocycles. The number of thiophene rings is 1. The number of hydrogen-bond acceptors (Lipinski definition) is 5. The Hall–Kier alpha value is -1.27. The van der Waals surface area contributed by atoms with Crippen LogP contribution in [-0.4, -0.2) is 47.5 Å². The first-order valence-electron chi connectivity index (χ1n) is 6.49. The summed E-state index contributed by atoms with van der Waals surface area (Å²) in [7, 11) is 0. The van der Waals surface area contributed by atoms with Gasteiger partial charge in [0.15, 0.2) is 0 Å². The molecule has 1 fully saturated rings. The van der Waals surface area contributed by atoms with Gasteiger partial charge in [0.25, 0.3) is 0 Å². The van der Waals surface area contributed by atoms with Gasteiger partial charge in [0.2, 0.25) is 5.91 Å². The molecule has 0 aliphatic carbocycles. The highest BCUT2D eigenvalue weighted by Gasteiger charge is 2.32. The van der Waals surface area contributed by atoms with Crippen molar-refractivity contribution in [2.45, 2.75) is 13.0 Å². The van der Waals surface area contributed by atoms with Gasteiger partial charge in [-0.2, -0.15) is 11.8 Å². The number of thioether (sulfide) groups is 1. The van der Waals surface area contributed by atoms with E-state index >= 15 is 0 Å². The Morgan fingerprint density at radius 1 is 1.55 bits per heavy atom. The van der Waals surface area contributed by atoms with Gasteiger partial charge < -0.3 is 9.64 Å². The molecule has 2 rings (SSSR count). The lowest BCUT2D eigenvalue weighted by molar-refractivity contribution is -0.152. The minimum atomic E-state index is -0.464. The van der Waals surface area contributed by atoms with Gasteiger partial charge in [-0.25, -0.2) is 4.79 Å². The highest BCUT2D eigenvalue weighted by atomic mass is 32.2. The highest BCUT2D eigenvalue weighted by molar-refractivity contribution is 7.99. The van der Waals surface area contributed by atoms with Crippen molar-refractivity contribution in [1.29, 1.82) is 0 Å². The zero-order valence-electron chi connectivity index (χ0n) is 11.3. The van der Waals surface area contributed by atoms with Crippen molar-refractivity contribution in [3.05, 3.63) is 28.5 Å². The minimum absolute atomic E-state index is 0.128. The van der Waals surface area contributed by atoms with Gasteiger partial charge in [0, 0.05) is 29.0 Å². The second-order valence-corrected chi connectivity index (χ2v) is 6.35. The third-order valence-electron chi connectivity index (χ3n) is 2.90. The summed E-state index contributed by atoms with van der Waals surface area (Å²) in [5.74, 6) is 1.03. The van der Waals surface area contributed by atoms with Crippen LogP contribution in [0.1, 0.15) is 11.8 Å². The van der Waals surface area contributed by atoms with Crippen LogP contribution in [0.5, 0.6) is 0 Å². The molecule has 1 saturated heterocycles. The summed E-state index contributed by atoms with van der Waals surface area (Å²) in [6.45, 7) is 2.70. The van der Waals surface area contributed by atoms with Crippen LogP contribution in [-0.2, 0) is 14.3 Å². The number of amides is 1. The molecule has 1 aliphatic heterocycles. The SMILES string of the molecule is CCOC(=O)C1CSCCN1C(=O)C=Cc1cccs1. The molecule has 20 heavy (non-hydrogen) atoms. The molecule has 1 aromatic rings. The normalized spacial score (nSPS) is 19.2. The highest BCUT2D eigenvalue weighted by Crippen LogP contribution is 2.19. The first-order valence-corrected chi connectivity index (χ1v) is 8.52. The van der Waals surface area contributed by atoms with E-state index in [0.29, 0.717) is 18.9 Å². The van der Waals surface area contributed by atoms with Crippen LogP contribution in [0.2, 0.25) is 0 Å². The van der Waals surface area contributed by atoms with E-state index in [1.165, 1.54) is 6.08 Å². The Morgan fingerprint density at radius 2 is 2.40 bits per heavy atom. The third kappa shape index (κ3) is 3.86. The molecule has 0 spiro atoms. The molecule has 2 heterocycles. The standard InChI is InChI=1S/C14H17NO3S2/c1-2-18-14(17)12-10-19-9-7-15(12)13(16)6-5-11-4-3-8-20-11/h3-6,8,12H,2,7,9-10H2,1H3. The van der Waals surface area contributed by atoms with Gasteiger partial charge in [0.05, 0.1) is 6.61 Å². The number of carbonyl (C=O) groups is 2. The molecule has 0 bridgehead atoms. The van der Waals surface area contributed by atoms with Crippen molar-refractivity contribution in [2.24, 2.45) is 0 Å². The van der Waals surface area contributed by atoms with Crippen LogP contribution in [0.25, 0.3) is 6.08 Å². The maximum Gasteiger partial charge on any atom is 0.329 e. The average molecular weight is 311 g/mol. The van der Waals surface area contributed by atoms with Gasteiger partial charge >= 0.3 is 5.97 Å². The predicted octanol–water partition coefficient (Wildman–Crippen LogP) is 2.27. The molecular weight excluding hydrogens is 294 g/mol. The van der Waals surface area contributed by atoms with Crippen LogP contribution in [0, 0.1) is 0 Å². The summed E-state index contributed by atoms with van der Waals surface area (Å²) in [5, 5.41) is 1.96.